The van der Waals surface area contributed by atoms with E-state index in [2.05, 4.69) is 10.6 Å². The first-order valence-corrected chi connectivity index (χ1v) is 14.2. The molecule has 2 saturated heterocycles. The molecule has 0 aromatic heterocycles. The second kappa shape index (κ2) is 11.1. The Morgan fingerprint density at radius 2 is 1.54 bits per heavy atom. The second-order valence-electron chi connectivity index (χ2n) is 10.3. The molecule has 3 aliphatic heterocycles. The van der Waals surface area contributed by atoms with E-state index in [1.54, 1.807) is 53.4 Å². The van der Waals surface area contributed by atoms with E-state index in [4.69, 9.17) is 23.2 Å². The van der Waals surface area contributed by atoms with E-state index in [9.17, 15) is 19.2 Å². The van der Waals surface area contributed by atoms with Crippen LogP contribution in [0.15, 0.2) is 66.7 Å². The number of carbonyl (C=O) groups is 4. The van der Waals surface area contributed by atoms with Crippen LogP contribution in [0.5, 0.6) is 0 Å². The van der Waals surface area contributed by atoms with E-state index in [-0.39, 0.29) is 43.4 Å². The molecule has 5 amide bonds. The van der Waals surface area contributed by atoms with E-state index in [0.717, 1.165) is 11.1 Å². The first kappa shape index (κ1) is 27.1. The summed E-state index contributed by atoms with van der Waals surface area (Å²) in [6.45, 7) is 0.974. The van der Waals surface area contributed by atoms with Crippen molar-refractivity contribution in [3.05, 3.63) is 82.3 Å². The molecule has 3 heterocycles. The third-order valence-corrected chi connectivity index (χ3v) is 8.34. The van der Waals surface area contributed by atoms with Gasteiger partial charge in [-0.05, 0) is 72.5 Å². The zero-order valence-corrected chi connectivity index (χ0v) is 23.5. The summed E-state index contributed by atoms with van der Waals surface area (Å²) in [5.74, 6) is -0.839. The molecule has 9 nitrogen and oxygen atoms in total. The van der Waals surface area contributed by atoms with Crippen LogP contribution in [0.4, 0.5) is 16.2 Å². The van der Waals surface area contributed by atoms with Crippen LogP contribution >= 0.6 is 23.2 Å². The molecule has 2 N–H and O–H groups in total. The minimum atomic E-state index is -0.843. The SMILES string of the molecule is O=C1Nc2ccc(-c3ccc(Cl)cc3)cc2C(=O)N2CCN(C(=O)C3CCCN3C(=O)Nc3ccc(Cl)cc3)CC12. The Kier molecular flexibility index (Phi) is 7.32. The fourth-order valence-corrected chi connectivity index (χ4v) is 5.93. The highest BCUT2D eigenvalue weighted by Gasteiger charge is 2.43. The molecule has 3 aromatic carbocycles. The fourth-order valence-electron chi connectivity index (χ4n) is 5.68. The Morgan fingerprint density at radius 1 is 0.854 bits per heavy atom. The average Bonchev–Trinajstić information content (AvgIpc) is 3.45. The maximum atomic E-state index is 13.7. The molecule has 2 unspecified atom stereocenters. The number of amides is 5. The topological polar surface area (TPSA) is 102 Å². The Morgan fingerprint density at radius 3 is 2.27 bits per heavy atom. The number of rotatable bonds is 3. The molecule has 0 spiro atoms. The number of likely N-dealkylation sites (tertiary alicyclic amines) is 1. The average molecular weight is 592 g/mol. The Hall–Kier alpha value is -4.08. The van der Waals surface area contributed by atoms with E-state index in [0.29, 0.717) is 46.4 Å². The van der Waals surface area contributed by atoms with Gasteiger partial charge in [-0.15, -0.1) is 0 Å². The van der Waals surface area contributed by atoms with Crippen LogP contribution in [0, 0.1) is 0 Å². The standard InChI is InChI=1S/C30H27Cl2N5O4/c31-20-6-3-18(4-7-20)19-5-12-24-23(16-19)28(39)36-15-14-35(17-26(36)27(38)34-24)29(40)25-2-1-13-37(25)30(41)33-22-10-8-21(32)9-11-22/h3-12,16,25-26H,1-2,13-15,17H2,(H,33,41)(H,34,38). The lowest BCUT2D eigenvalue weighted by Gasteiger charge is -2.41. The summed E-state index contributed by atoms with van der Waals surface area (Å²) < 4.78 is 0. The van der Waals surface area contributed by atoms with Crippen molar-refractivity contribution < 1.29 is 19.2 Å². The van der Waals surface area contributed by atoms with Crippen LogP contribution in [0.2, 0.25) is 10.0 Å². The van der Waals surface area contributed by atoms with E-state index in [1.165, 1.54) is 9.80 Å². The normalized spacial score (nSPS) is 20.2. The van der Waals surface area contributed by atoms with Crippen molar-refractivity contribution in [2.75, 3.05) is 36.8 Å². The van der Waals surface area contributed by atoms with Crippen LogP contribution < -0.4 is 10.6 Å². The Balaban J connectivity index is 1.17. The highest BCUT2D eigenvalue weighted by molar-refractivity contribution is 6.31. The number of carbonyl (C=O) groups excluding carboxylic acids is 4. The molecule has 2 fully saturated rings. The van der Waals surface area contributed by atoms with Gasteiger partial charge in [0, 0.05) is 35.4 Å². The van der Waals surface area contributed by atoms with Crippen LogP contribution in [0.1, 0.15) is 23.2 Å². The molecule has 11 heteroatoms. The van der Waals surface area contributed by atoms with Crippen molar-refractivity contribution in [3.8, 4) is 11.1 Å². The van der Waals surface area contributed by atoms with Crippen LogP contribution in [0.25, 0.3) is 11.1 Å². The molecule has 3 aromatic rings. The molecule has 0 aliphatic carbocycles. The number of halogens is 2. The molecule has 41 heavy (non-hydrogen) atoms. The van der Waals surface area contributed by atoms with Crippen LogP contribution in [0.3, 0.4) is 0 Å². The number of urea groups is 1. The minimum absolute atomic E-state index is 0.0532. The number of nitrogens with zero attached hydrogens (tertiary/aromatic N) is 3. The van der Waals surface area contributed by atoms with Crippen molar-refractivity contribution in [1.82, 2.24) is 14.7 Å². The molecule has 0 radical (unpaired) electrons. The van der Waals surface area contributed by atoms with Gasteiger partial charge in [0.2, 0.25) is 11.8 Å². The monoisotopic (exact) mass is 591 g/mol. The van der Waals surface area contributed by atoms with Crippen LogP contribution in [-0.2, 0) is 9.59 Å². The zero-order valence-electron chi connectivity index (χ0n) is 22.0. The summed E-state index contributed by atoms with van der Waals surface area (Å²) in [4.78, 5) is 58.3. The summed E-state index contributed by atoms with van der Waals surface area (Å²) >= 11 is 12.0. The van der Waals surface area contributed by atoms with Gasteiger partial charge in [0.15, 0.2) is 0 Å². The van der Waals surface area contributed by atoms with Crippen molar-refractivity contribution in [1.29, 1.82) is 0 Å². The smallest absolute Gasteiger partial charge is 0.322 e. The number of hydrogen-bond acceptors (Lipinski definition) is 4. The number of benzene rings is 3. The summed E-state index contributed by atoms with van der Waals surface area (Å²) in [6, 6.07) is 17.6. The lowest BCUT2D eigenvalue weighted by Crippen LogP contribution is -2.61. The lowest BCUT2D eigenvalue weighted by atomic mass is 10.0. The highest BCUT2D eigenvalue weighted by Crippen LogP contribution is 2.31. The van der Waals surface area contributed by atoms with E-state index >= 15 is 0 Å². The van der Waals surface area contributed by atoms with Gasteiger partial charge in [0.25, 0.3) is 5.91 Å². The predicted octanol–water partition coefficient (Wildman–Crippen LogP) is 4.96. The highest BCUT2D eigenvalue weighted by atomic mass is 35.5. The van der Waals surface area contributed by atoms with Crippen molar-refractivity contribution in [3.63, 3.8) is 0 Å². The maximum absolute atomic E-state index is 13.7. The van der Waals surface area contributed by atoms with Crippen molar-refractivity contribution in [2.45, 2.75) is 24.9 Å². The molecule has 0 saturated carbocycles. The summed E-state index contributed by atoms with van der Waals surface area (Å²) in [7, 11) is 0. The quantitative estimate of drug-likeness (QED) is 0.449. The predicted molar refractivity (Wildman–Crippen MR) is 157 cm³/mol. The van der Waals surface area contributed by atoms with Gasteiger partial charge in [-0.25, -0.2) is 4.79 Å². The lowest BCUT2D eigenvalue weighted by molar-refractivity contribution is -0.139. The van der Waals surface area contributed by atoms with Gasteiger partial charge in [-0.1, -0.05) is 41.4 Å². The number of hydrogen-bond donors (Lipinski definition) is 2. The van der Waals surface area contributed by atoms with Gasteiger partial charge < -0.3 is 25.3 Å². The van der Waals surface area contributed by atoms with Crippen LogP contribution in [-0.4, -0.2) is 76.7 Å². The molecule has 210 valence electrons. The molecule has 0 bridgehead atoms. The Labute approximate surface area is 247 Å². The van der Waals surface area contributed by atoms with Gasteiger partial charge in [0.1, 0.15) is 12.1 Å². The fraction of sp³-hybridized carbons (Fsp3) is 0.267. The summed E-state index contributed by atoms with van der Waals surface area (Å²) in [5.41, 5.74) is 3.14. The largest absolute Gasteiger partial charge is 0.337 e. The molecule has 3 aliphatic rings. The third-order valence-electron chi connectivity index (χ3n) is 7.84. The number of nitrogens with one attached hydrogen (secondary N) is 2. The third kappa shape index (κ3) is 5.35. The summed E-state index contributed by atoms with van der Waals surface area (Å²) in [5, 5.41) is 6.88. The van der Waals surface area contributed by atoms with Gasteiger partial charge in [-0.3, -0.25) is 14.4 Å². The van der Waals surface area contributed by atoms with Crippen molar-refractivity contribution in [2.24, 2.45) is 0 Å². The van der Waals surface area contributed by atoms with Crippen molar-refractivity contribution >= 4 is 58.3 Å². The first-order valence-electron chi connectivity index (χ1n) is 13.4. The Bertz CT molecular complexity index is 1530. The molecular weight excluding hydrogens is 565 g/mol. The minimum Gasteiger partial charge on any atom is -0.337 e. The molecule has 6 rings (SSSR count). The van der Waals surface area contributed by atoms with Gasteiger partial charge in [-0.2, -0.15) is 0 Å². The number of anilines is 2. The summed E-state index contributed by atoms with van der Waals surface area (Å²) in [6.07, 6.45) is 1.22. The molecular formula is C30H27Cl2N5O4. The van der Waals surface area contributed by atoms with Gasteiger partial charge >= 0.3 is 6.03 Å². The number of fused-ring (bicyclic) bond motifs is 2. The van der Waals surface area contributed by atoms with E-state index in [1.807, 2.05) is 18.2 Å². The second-order valence-corrected chi connectivity index (χ2v) is 11.2. The maximum Gasteiger partial charge on any atom is 0.322 e. The molecule has 2 atom stereocenters. The van der Waals surface area contributed by atoms with Gasteiger partial charge in [0.05, 0.1) is 17.8 Å². The first-order chi connectivity index (χ1) is 19.8. The zero-order chi connectivity index (χ0) is 28.7. The van der Waals surface area contributed by atoms with E-state index < -0.39 is 12.1 Å². The number of piperazine rings is 1.